The van der Waals surface area contributed by atoms with Crippen molar-refractivity contribution in [3.8, 4) is 0 Å². The molecule has 0 spiro atoms. The number of nitrogens with one attached hydrogen (secondary N) is 1. The van der Waals surface area contributed by atoms with E-state index >= 15 is 0 Å². The first-order valence-corrected chi connectivity index (χ1v) is 8.33. The van der Waals surface area contributed by atoms with Crippen LogP contribution in [0.2, 0.25) is 5.02 Å². The van der Waals surface area contributed by atoms with Gasteiger partial charge in [0.05, 0.1) is 0 Å². The van der Waals surface area contributed by atoms with Crippen molar-refractivity contribution in [2.75, 3.05) is 25.0 Å². The zero-order valence-electron chi connectivity index (χ0n) is 13.6. The Hall–Kier alpha value is -2.08. The number of likely N-dealkylation sites (tertiary alicyclic amines) is 1. The van der Waals surface area contributed by atoms with Gasteiger partial charge in [-0.3, -0.25) is 14.4 Å². The number of aryl methyl sites for hydroxylation is 1. The Balaban J connectivity index is 1.77. The van der Waals surface area contributed by atoms with Gasteiger partial charge in [-0.05, 0) is 37.5 Å². The van der Waals surface area contributed by atoms with Gasteiger partial charge in [-0.25, -0.2) is 0 Å². The first-order valence-electron chi connectivity index (χ1n) is 7.95. The van der Waals surface area contributed by atoms with E-state index in [0.29, 0.717) is 23.7 Å². The Morgan fingerprint density at radius 1 is 1.29 bits per heavy atom. The molecule has 1 N–H and O–H groups in total. The fraction of sp³-hybridized carbons (Fsp3) is 0.471. The Morgan fingerprint density at radius 3 is 2.83 bits per heavy atom. The second kappa shape index (κ2) is 8.68. The normalized spacial score (nSPS) is 14.9. The van der Waals surface area contributed by atoms with Crippen LogP contribution in [0.15, 0.2) is 18.2 Å². The minimum Gasteiger partial charge on any atom is -0.454 e. The molecule has 24 heavy (non-hydrogen) atoms. The SMILES string of the molecule is Cc1ccc(NC(=O)COC(=O)CN2CCCCCC2=O)cc1Cl. The predicted octanol–water partition coefficient (Wildman–Crippen LogP) is 2.53. The summed E-state index contributed by atoms with van der Waals surface area (Å²) in [6, 6.07) is 5.14. The van der Waals surface area contributed by atoms with E-state index in [-0.39, 0.29) is 12.5 Å². The van der Waals surface area contributed by atoms with Gasteiger partial charge >= 0.3 is 5.97 Å². The van der Waals surface area contributed by atoms with Gasteiger partial charge in [0.15, 0.2) is 6.61 Å². The maximum absolute atomic E-state index is 11.8. The number of hydrogen-bond donors (Lipinski definition) is 1. The molecule has 1 saturated heterocycles. The third-order valence-corrected chi connectivity index (χ3v) is 4.22. The minimum atomic E-state index is -0.581. The number of anilines is 1. The van der Waals surface area contributed by atoms with Gasteiger partial charge in [0.2, 0.25) is 5.91 Å². The van der Waals surface area contributed by atoms with Gasteiger partial charge in [-0.2, -0.15) is 0 Å². The number of hydrogen-bond acceptors (Lipinski definition) is 4. The largest absolute Gasteiger partial charge is 0.454 e. The molecule has 0 radical (unpaired) electrons. The van der Waals surface area contributed by atoms with Gasteiger partial charge in [0, 0.05) is 23.7 Å². The number of rotatable bonds is 5. The van der Waals surface area contributed by atoms with Crippen LogP contribution >= 0.6 is 11.6 Å². The molecule has 0 aromatic heterocycles. The van der Waals surface area contributed by atoms with Crippen molar-refractivity contribution in [3.63, 3.8) is 0 Å². The van der Waals surface area contributed by atoms with E-state index in [1.165, 1.54) is 4.90 Å². The highest BCUT2D eigenvalue weighted by Crippen LogP contribution is 2.19. The average Bonchev–Trinajstić information content (AvgIpc) is 2.74. The lowest BCUT2D eigenvalue weighted by Crippen LogP contribution is -2.36. The maximum Gasteiger partial charge on any atom is 0.326 e. The Morgan fingerprint density at radius 2 is 2.08 bits per heavy atom. The van der Waals surface area contributed by atoms with Crippen molar-refractivity contribution in [1.82, 2.24) is 4.90 Å². The molecule has 6 nitrogen and oxygen atoms in total. The van der Waals surface area contributed by atoms with Crippen molar-refractivity contribution in [2.45, 2.75) is 32.6 Å². The molecule has 1 heterocycles. The van der Waals surface area contributed by atoms with Crippen LogP contribution in [0, 0.1) is 6.92 Å². The molecule has 0 aliphatic carbocycles. The molecule has 7 heteroatoms. The van der Waals surface area contributed by atoms with E-state index in [1.54, 1.807) is 18.2 Å². The van der Waals surface area contributed by atoms with Crippen LogP contribution in [0.4, 0.5) is 5.69 Å². The van der Waals surface area contributed by atoms with Crippen LogP contribution in [0.25, 0.3) is 0 Å². The molecule has 2 amide bonds. The quantitative estimate of drug-likeness (QED) is 0.826. The van der Waals surface area contributed by atoms with E-state index in [0.717, 1.165) is 24.8 Å². The highest BCUT2D eigenvalue weighted by Gasteiger charge is 2.20. The van der Waals surface area contributed by atoms with Gasteiger partial charge in [0.25, 0.3) is 5.91 Å². The van der Waals surface area contributed by atoms with E-state index in [4.69, 9.17) is 16.3 Å². The van der Waals surface area contributed by atoms with E-state index < -0.39 is 18.5 Å². The van der Waals surface area contributed by atoms with Gasteiger partial charge in [-0.1, -0.05) is 24.1 Å². The molecular formula is C17H21ClN2O4. The molecule has 1 aliphatic heterocycles. The van der Waals surface area contributed by atoms with Crippen LogP contribution in [-0.4, -0.2) is 42.4 Å². The third kappa shape index (κ3) is 5.53. The lowest BCUT2D eigenvalue weighted by molar-refractivity contribution is -0.151. The second-order valence-corrected chi connectivity index (χ2v) is 6.21. The fourth-order valence-corrected chi connectivity index (χ4v) is 2.60. The topological polar surface area (TPSA) is 75.7 Å². The summed E-state index contributed by atoms with van der Waals surface area (Å²) in [5, 5.41) is 3.15. The molecule has 1 aliphatic rings. The zero-order valence-corrected chi connectivity index (χ0v) is 14.4. The van der Waals surface area contributed by atoms with Gasteiger partial charge < -0.3 is 15.0 Å². The summed E-state index contributed by atoms with van der Waals surface area (Å²) < 4.78 is 4.94. The smallest absolute Gasteiger partial charge is 0.326 e. The van der Waals surface area contributed by atoms with Crippen molar-refractivity contribution < 1.29 is 19.1 Å². The number of halogens is 1. The number of ether oxygens (including phenoxy) is 1. The minimum absolute atomic E-state index is 0.0387. The summed E-state index contributed by atoms with van der Waals surface area (Å²) in [5.41, 5.74) is 1.44. The molecule has 130 valence electrons. The second-order valence-electron chi connectivity index (χ2n) is 5.80. The number of carbonyl (C=O) groups is 3. The standard InChI is InChI=1S/C17H21ClN2O4/c1-12-6-7-13(9-14(12)18)19-15(21)11-24-17(23)10-20-8-4-2-3-5-16(20)22/h6-7,9H,2-5,8,10-11H2,1H3,(H,19,21). The van der Waals surface area contributed by atoms with E-state index in [1.807, 2.05) is 6.92 Å². The van der Waals surface area contributed by atoms with Gasteiger partial charge in [0.1, 0.15) is 6.54 Å². The van der Waals surface area contributed by atoms with Crippen LogP contribution in [0.3, 0.4) is 0 Å². The van der Waals surface area contributed by atoms with Crippen molar-refractivity contribution >= 4 is 35.1 Å². The molecule has 0 bridgehead atoms. The lowest BCUT2D eigenvalue weighted by atomic mass is 10.2. The molecular weight excluding hydrogens is 332 g/mol. The summed E-state index contributed by atoms with van der Waals surface area (Å²) >= 11 is 5.99. The van der Waals surface area contributed by atoms with Crippen LogP contribution in [0.1, 0.15) is 31.2 Å². The third-order valence-electron chi connectivity index (χ3n) is 3.81. The first kappa shape index (κ1) is 18.3. The van der Waals surface area contributed by atoms with E-state index in [2.05, 4.69) is 5.32 Å². The number of esters is 1. The summed E-state index contributed by atoms with van der Waals surface area (Å²) in [6.45, 7) is 1.91. The number of nitrogens with zero attached hydrogens (tertiary/aromatic N) is 1. The summed E-state index contributed by atoms with van der Waals surface area (Å²) in [7, 11) is 0. The molecule has 0 saturated carbocycles. The number of carbonyl (C=O) groups excluding carboxylic acids is 3. The average molecular weight is 353 g/mol. The Bertz CT molecular complexity index is 633. The lowest BCUT2D eigenvalue weighted by Gasteiger charge is -2.19. The maximum atomic E-state index is 11.8. The number of amides is 2. The molecule has 2 rings (SSSR count). The van der Waals surface area contributed by atoms with E-state index in [9.17, 15) is 14.4 Å². The molecule has 1 aromatic carbocycles. The van der Waals surface area contributed by atoms with Crippen molar-refractivity contribution in [2.24, 2.45) is 0 Å². The Kier molecular flexibility index (Phi) is 6.61. The first-order chi connectivity index (χ1) is 11.5. The van der Waals surface area contributed by atoms with Crippen LogP contribution < -0.4 is 5.32 Å². The highest BCUT2D eigenvalue weighted by molar-refractivity contribution is 6.31. The number of benzene rings is 1. The summed E-state index contributed by atoms with van der Waals surface area (Å²) in [4.78, 5) is 36.9. The Labute approximate surface area is 146 Å². The predicted molar refractivity (Wildman–Crippen MR) is 90.8 cm³/mol. The molecule has 1 fully saturated rings. The molecule has 0 atom stereocenters. The molecule has 0 unspecified atom stereocenters. The van der Waals surface area contributed by atoms with Crippen LogP contribution in [-0.2, 0) is 19.1 Å². The van der Waals surface area contributed by atoms with Crippen LogP contribution in [0.5, 0.6) is 0 Å². The molecule has 1 aromatic rings. The summed E-state index contributed by atoms with van der Waals surface area (Å²) in [6.07, 6.45) is 3.18. The monoisotopic (exact) mass is 352 g/mol. The highest BCUT2D eigenvalue weighted by atomic mass is 35.5. The summed E-state index contributed by atoms with van der Waals surface area (Å²) in [5.74, 6) is -1.07. The fourth-order valence-electron chi connectivity index (χ4n) is 2.42. The van der Waals surface area contributed by atoms with Gasteiger partial charge in [-0.15, -0.1) is 0 Å². The van der Waals surface area contributed by atoms with Crippen molar-refractivity contribution in [1.29, 1.82) is 0 Å². The van der Waals surface area contributed by atoms with Crippen molar-refractivity contribution in [3.05, 3.63) is 28.8 Å². The zero-order chi connectivity index (χ0) is 17.5.